The molecule has 0 saturated heterocycles. The van der Waals surface area contributed by atoms with Crippen molar-refractivity contribution in [2.45, 2.75) is 19.9 Å². The van der Waals surface area contributed by atoms with Crippen molar-refractivity contribution in [1.82, 2.24) is 5.32 Å². The van der Waals surface area contributed by atoms with Gasteiger partial charge in [0.1, 0.15) is 5.75 Å². The van der Waals surface area contributed by atoms with Crippen LogP contribution in [-0.4, -0.2) is 25.7 Å². The quantitative estimate of drug-likeness (QED) is 0.805. The van der Waals surface area contributed by atoms with Gasteiger partial charge in [-0.1, -0.05) is 26.0 Å². The minimum atomic E-state index is 0.397. The molecule has 2 nitrogen and oxygen atoms in total. The lowest BCUT2D eigenvalue weighted by Gasteiger charge is -2.17. The maximum Gasteiger partial charge on any atom is 0.119 e. The third kappa shape index (κ3) is 5.00. The van der Waals surface area contributed by atoms with Gasteiger partial charge in [-0.3, -0.25) is 0 Å². The molecule has 1 atom stereocenters. The molecule has 0 amide bonds. The molecule has 0 bridgehead atoms. The van der Waals surface area contributed by atoms with Crippen molar-refractivity contribution >= 4 is 11.8 Å². The topological polar surface area (TPSA) is 21.3 Å². The van der Waals surface area contributed by atoms with E-state index in [2.05, 4.69) is 31.3 Å². The van der Waals surface area contributed by atoms with Gasteiger partial charge >= 0.3 is 0 Å². The summed E-state index contributed by atoms with van der Waals surface area (Å²) in [7, 11) is 3.72. The van der Waals surface area contributed by atoms with Gasteiger partial charge in [0.15, 0.2) is 0 Å². The van der Waals surface area contributed by atoms with E-state index < -0.39 is 0 Å². The molecular formula is C14H23NOS. The summed E-state index contributed by atoms with van der Waals surface area (Å²) in [5.74, 6) is 3.99. The van der Waals surface area contributed by atoms with Crippen LogP contribution < -0.4 is 10.1 Å². The standard InChI is InChI=1S/C14H23NOS/c1-11(2)9-17-10-14(15-3)12-6-5-7-13(8-12)16-4/h5-8,11,14-15H,9-10H2,1-4H3. The van der Waals surface area contributed by atoms with Crippen molar-refractivity contribution in [3.05, 3.63) is 29.8 Å². The third-order valence-electron chi connectivity index (χ3n) is 2.58. The largest absolute Gasteiger partial charge is 0.497 e. The molecule has 0 aliphatic heterocycles. The molecule has 0 heterocycles. The van der Waals surface area contributed by atoms with Gasteiger partial charge in [-0.05, 0) is 36.4 Å². The highest BCUT2D eigenvalue weighted by Crippen LogP contribution is 2.23. The van der Waals surface area contributed by atoms with Crippen LogP contribution in [0, 0.1) is 5.92 Å². The SMILES string of the molecule is CNC(CSCC(C)C)c1cccc(OC)c1. The minimum absolute atomic E-state index is 0.397. The van der Waals surface area contributed by atoms with Gasteiger partial charge in [-0.15, -0.1) is 0 Å². The van der Waals surface area contributed by atoms with Gasteiger partial charge < -0.3 is 10.1 Å². The van der Waals surface area contributed by atoms with Crippen LogP contribution in [-0.2, 0) is 0 Å². The second kappa shape index (κ2) is 7.62. The summed E-state index contributed by atoms with van der Waals surface area (Å²) in [6.45, 7) is 4.51. The average molecular weight is 253 g/mol. The zero-order chi connectivity index (χ0) is 12.7. The predicted molar refractivity (Wildman–Crippen MR) is 77.0 cm³/mol. The second-order valence-electron chi connectivity index (χ2n) is 4.55. The van der Waals surface area contributed by atoms with Crippen LogP contribution in [0.1, 0.15) is 25.5 Å². The molecule has 1 aromatic rings. The van der Waals surface area contributed by atoms with E-state index in [9.17, 15) is 0 Å². The molecule has 1 unspecified atom stereocenters. The van der Waals surface area contributed by atoms with E-state index in [-0.39, 0.29) is 0 Å². The summed E-state index contributed by atoms with van der Waals surface area (Å²) in [5.41, 5.74) is 1.29. The molecule has 0 spiro atoms. The highest BCUT2D eigenvalue weighted by Gasteiger charge is 2.10. The Labute approximate surface area is 109 Å². The predicted octanol–water partition coefficient (Wildman–Crippen LogP) is 3.34. The molecule has 0 radical (unpaired) electrons. The van der Waals surface area contributed by atoms with Crippen molar-refractivity contribution in [2.75, 3.05) is 25.7 Å². The van der Waals surface area contributed by atoms with E-state index in [1.54, 1.807) is 7.11 Å². The molecule has 96 valence electrons. The van der Waals surface area contributed by atoms with Crippen molar-refractivity contribution in [3.63, 3.8) is 0 Å². The Bertz CT molecular complexity index is 328. The fraction of sp³-hybridized carbons (Fsp3) is 0.571. The Balaban J connectivity index is 2.59. The molecule has 17 heavy (non-hydrogen) atoms. The van der Waals surface area contributed by atoms with Crippen LogP contribution in [0.3, 0.4) is 0 Å². The van der Waals surface area contributed by atoms with Gasteiger partial charge in [0.05, 0.1) is 7.11 Å². The first-order valence-corrected chi connectivity index (χ1v) is 7.21. The van der Waals surface area contributed by atoms with Gasteiger partial charge in [0, 0.05) is 11.8 Å². The maximum absolute atomic E-state index is 5.26. The Morgan fingerprint density at radius 2 is 2.06 bits per heavy atom. The number of nitrogens with one attached hydrogen (secondary N) is 1. The molecule has 0 fully saturated rings. The Morgan fingerprint density at radius 1 is 1.29 bits per heavy atom. The van der Waals surface area contributed by atoms with E-state index in [0.717, 1.165) is 17.4 Å². The molecule has 0 aliphatic carbocycles. The summed E-state index contributed by atoms with van der Waals surface area (Å²) in [6, 6.07) is 8.69. The van der Waals surface area contributed by atoms with Crippen molar-refractivity contribution in [3.8, 4) is 5.75 Å². The molecule has 0 saturated carbocycles. The Hall–Kier alpha value is -0.670. The first-order chi connectivity index (χ1) is 8.17. The summed E-state index contributed by atoms with van der Waals surface area (Å²) in [5, 5.41) is 3.37. The van der Waals surface area contributed by atoms with Crippen LogP contribution in [0.4, 0.5) is 0 Å². The molecular weight excluding hydrogens is 230 g/mol. The normalized spacial score (nSPS) is 12.8. The zero-order valence-electron chi connectivity index (χ0n) is 11.2. The number of thioether (sulfide) groups is 1. The lowest BCUT2D eigenvalue weighted by atomic mass is 10.1. The average Bonchev–Trinajstić information content (AvgIpc) is 2.34. The molecule has 1 rings (SSSR count). The molecule has 0 aliphatic rings. The first-order valence-electron chi connectivity index (χ1n) is 6.06. The molecule has 3 heteroatoms. The van der Waals surface area contributed by atoms with Gasteiger partial charge in [0.25, 0.3) is 0 Å². The maximum atomic E-state index is 5.26. The van der Waals surface area contributed by atoms with Gasteiger partial charge in [-0.25, -0.2) is 0 Å². The summed E-state index contributed by atoms with van der Waals surface area (Å²) in [6.07, 6.45) is 0. The Kier molecular flexibility index (Phi) is 6.45. The van der Waals surface area contributed by atoms with Crippen LogP contribution in [0.2, 0.25) is 0 Å². The van der Waals surface area contributed by atoms with E-state index in [1.807, 2.05) is 30.9 Å². The highest BCUT2D eigenvalue weighted by atomic mass is 32.2. The number of methoxy groups -OCH3 is 1. The lowest BCUT2D eigenvalue weighted by Crippen LogP contribution is -2.19. The van der Waals surface area contributed by atoms with Crippen LogP contribution in [0.15, 0.2) is 24.3 Å². The lowest BCUT2D eigenvalue weighted by molar-refractivity contribution is 0.413. The van der Waals surface area contributed by atoms with Crippen LogP contribution >= 0.6 is 11.8 Å². The van der Waals surface area contributed by atoms with Gasteiger partial charge in [0.2, 0.25) is 0 Å². The number of hydrogen-bond donors (Lipinski definition) is 1. The van der Waals surface area contributed by atoms with E-state index in [1.165, 1.54) is 11.3 Å². The number of rotatable bonds is 7. The third-order valence-corrected chi connectivity index (χ3v) is 4.05. The van der Waals surface area contributed by atoms with Crippen LogP contribution in [0.25, 0.3) is 0 Å². The smallest absolute Gasteiger partial charge is 0.119 e. The van der Waals surface area contributed by atoms with E-state index in [0.29, 0.717) is 6.04 Å². The Morgan fingerprint density at radius 3 is 2.65 bits per heavy atom. The molecule has 0 aromatic heterocycles. The van der Waals surface area contributed by atoms with Gasteiger partial charge in [-0.2, -0.15) is 11.8 Å². The summed E-state index contributed by atoms with van der Waals surface area (Å²) in [4.78, 5) is 0. The van der Waals surface area contributed by atoms with Crippen molar-refractivity contribution in [2.24, 2.45) is 5.92 Å². The zero-order valence-corrected chi connectivity index (χ0v) is 12.0. The fourth-order valence-electron chi connectivity index (χ4n) is 1.63. The number of benzene rings is 1. The molecule has 1 N–H and O–H groups in total. The van der Waals surface area contributed by atoms with Crippen molar-refractivity contribution < 1.29 is 4.74 Å². The number of hydrogen-bond acceptors (Lipinski definition) is 3. The summed E-state index contributed by atoms with van der Waals surface area (Å²) < 4.78 is 5.26. The van der Waals surface area contributed by atoms with Crippen LogP contribution in [0.5, 0.6) is 5.75 Å². The van der Waals surface area contributed by atoms with E-state index in [4.69, 9.17) is 4.74 Å². The first kappa shape index (κ1) is 14.4. The second-order valence-corrected chi connectivity index (χ2v) is 5.62. The molecule has 1 aromatic carbocycles. The number of ether oxygens (including phenoxy) is 1. The van der Waals surface area contributed by atoms with Crippen molar-refractivity contribution in [1.29, 1.82) is 0 Å². The fourth-order valence-corrected chi connectivity index (χ4v) is 2.83. The minimum Gasteiger partial charge on any atom is -0.497 e. The summed E-state index contributed by atoms with van der Waals surface area (Å²) >= 11 is 2.00. The highest BCUT2D eigenvalue weighted by molar-refractivity contribution is 7.99. The monoisotopic (exact) mass is 253 g/mol. The van der Waals surface area contributed by atoms with E-state index >= 15 is 0 Å².